The Kier molecular flexibility index (Phi) is 7.02. The fourth-order valence-corrected chi connectivity index (χ4v) is 5.53. The molecule has 2 aliphatic heterocycles. The van der Waals surface area contributed by atoms with Crippen LogP contribution in [0.4, 0.5) is 0 Å². The minimum atomic E-state index is -0.366. The van der Waals surface area contributed by atoms with E-state index in [-0.39, 0.29) is 11.4 Å². The predicted molar refractivity (Wildman–Crippen MR) is 136 cm³/mol. The van der Waals surface area contributed by atoms with Crippen molar-refractivity contribution in [2.45, 2.75) is 44.1 Å². The number of benzene rings is 1. The minimum Gasteiger partial charge on any atom is -0.379 e. The number of carbonyl (C=O) groups excluding carboxylic acids is 1. The first-order chi connectivity index (χ1) is 16.6. The van der Waals surface area contributed by atoms with E-state index in [9.17, 15) is 4.79 Å². The van der Waals surface area contributed by atoms with Gasteiger partial charge >= 0.3 is 0 Å². The molecular weight excluding hydrogens is 422 g/mol. The molecule has 1 aromatic carbocycles. The molecule has 5 heteroatoms. The molecule has 180 valence electrons. The summed E-state index contributed by atoms with van der Waals surface area (Å²) in [5, 5.41) is 3.35. The molecule has 2 heterocycles. The van der Waals surface area contributed by atoms with Crippen molar-refractivity contribution in [1.82, 2.24) is 15.1 Å². The van der Waals surface area contributed by atoms with E-state index >= 15 is 0 Å². The van der Waals surface area contributed by atoms with Crippen molar-refractivity contribution in [3.05, 3.63) is 83.1 Å². The van der Waals surface area contributed by atoms with Crippen LogP contribution in [-0.2, 0) is 9.53 Å². The fraction of sp³-hybridized carbons (Fsp3) is 0.483. The molecule has 0 aromatic heterocycles. The molecule has 2 atom stereocenters. The maximum absolute atomic E-state index is 13.2. The van der Waals surface area contributed by atoms with E-state index in [0.717, 1.165) is 70.8 Å². The summed E-state index contributed by atoms with van der Waals surface area (Å²) in [6.45, 7) is 9.13. The largest absolute Gasteiger partial charge is 0.379 e. The van der Waals surface area contributed by atoms with Gasteiger partial charge in [-0.1, -0.05) is 60.7 Å². The zero-order valence-corrected chi connectivity index (χ0v) is 20.3. The number of allylic oxidation sites excluding steroid dienone is 4. The normalized spacial score (nSPS) is 27.4. The smallest absolute Gasteiger partial charge is 0.251 e. The van der Waals surface area contributed by atoms with Crippen LogP contribution in [0, 0.1) is 0 Å². The van der Waals surface area contributed by atoms with Gasteiger partial charge in [-0.05, 0) is 37.3 Å². The zero-order chi connectivity index (χ0) is 23.4. The van der Waals surface area contributed by atoms with E-state index in [2.05, 4.69) is 70.6 Å². The van der Waals surface area contributed by atoms with Gasteiger partial charge < -0.3 is 15.0 Å². The minimum absolute atomic E-state index is 0.0228. The Morgan fingerprint density at radius 1 is 1.12 bits per heavy atom. The molecule has 4 aliphatic rings. The summed E-state index contributed by atoms with van der Waals surface area (Å²) in [6.07, 6.45) is 14.8. The Labute approximate surface area is 203 Å². The fourth-order valence-electron chi connectivity index (χ4n) is 5.53. The van der Waals surface area contributed by atoms with Gasteiger partial charge in [-0.15, -0.1) is 0 Å². The number of ether oxygens (including phenoxy) is 1. The van der Waals surface area contributed by atoms with Crippen LogP contribution >= 0.6 is 0 Å². The lowest BCUT2D eigenvalue weighted by Crippen LogP contribution is -2.49. The second-order valence-electron chi connectivity index (χ2n) is 10.2. The second kappa shape index (κ2) is 10.3. The molecule has 0 bridgehead atoms. The molecule has 1 amide bonds. The molecular formula is C29H37N3O2. The van der Waals surface area contributed by atoms with Crippen molar-refractivity contribution >= 4 is 5.91 Å². The van der Waals surface area contributed by atoms with Gasteiger partial charge in [0.15, 0.2) is 0 Å². The van der Waals surface area contributed by atoms with Crippen molar-refractivity contribution < 1.29 is 9.53 Å². The molecule has 1 aromatic rings. The highest BCUT2D eigenvalue weighted by atomic mass is 16.5. The Bertz CT molecular complexity index is 1000. The third-order valence-electron chi connectivity index (χ3n) is 7.59. The molecule has 0 saturated carbocycles. The quantitative estimate of drug-likeness (QED) is 0.694. The SMILES string of the molecule is CC1(NC(=O)C2=CCC(c3ccccc3)C=C2)C=CC2=C(C1)N(CCN1CCOCC1)CCC2. The topological polar surface area (TPSA) is 44.8 Å². The monoisotopic (exact) mass is 459 g/mol. The first-order valence-corrected chi connectivity index (χ1v) is 12.8. The molecule has 5 rings (SSSR count). The van der Waals surface area contributed by atoms with Gasteiger partial charge in [-0.25, -0.2) is 0 Å². The Morgan fingerprint density at radius 2 is 1.94 bits per heavy atom. The van der Waals surface area contributed by atoms with E-state index in [1.165, 1.54) is 23.3 Å². The van der Waals surface area contributed by atoms with E-state index in [0.29, 0.717) is 5.92 Å². The summed E-state index contributed by atoms with van der Waals surface area (Å²) in [7, 11) is 0. The summed E-state index contributed by atoms with van der Waals surface area (Å²) in [5.74, 6) is 0.368. The number of amides is 1. The van der Waals surface area contributed by atoms with Gasteiger partial charge in [0.1, 0.15) is 0 Å². The molecule has 5 nitrogen and oxygen atoms in total. The van der Waals surface area contributed by atoms with E-state index in [1.807, 2.05) is 12.1 Å². The second-order valence-corrected chi connectivity index (χ2v) is 10.2. The van der Waals surface area contributed by atoms with Crippen LogP contribution < -0.4 is 5.32 Å². The third kappa shape index (κ3) is 5.37. The Balaban J connectivity index is 1.20. The summed E-state index contributed by atoms with van der Waals surface area (Å²) < 4.78 is 5.50. The lowest BCUT2D eigenvalue weighted by atomic mass is 9.83. The molecule has 2 aliphatic carbocycles. The molecule has 2 unspecified atom stereocenters. The number of nitrogens with one attached hydrogen (secondary N) is 1. The third-order valence-corrected chi connectivity index (χ3v) is 7.59. The summed E-state index contributed by atoms with van der Waals surface area (Å²) >= 11 is 0. The van der Waals surface area contributed by atoms with Gasteiger partial charge in [0.05, 0.1) is 18.8 Å². The molecule has 0 radical (unpaired) electrons. The average Bonchev–Trinajstić information content (AvgIpc) is 2.88. The van der Waals surface area contributed by atoms with Crippen molar-refractivity contribution in [3.8, 4) is 0 Å². The van der Waals surface area contributed by atoms with Crippen LogP contribution in [0.2, 0.25) is 0 Å². The first-order valence-electron chi connectivity index (χ1n) is 12.8. The highest BCUT2D eigenvalue weighted by Gasteiger charge is 2.33. The predicted octanol–water partition coefficient (Wildman–Crippen LogP) is 4.17. The summed E-state index contributed by atoms with van der Waals surface area (Å²) in [5.41, 5.74) is 4.57. The van der Waals surface area contributed by atoms with Gasteiger partial charge in [-0.2, -0.15) is 0 Å². The van der Waals surface area contributed by atoms with Gasteiger partial charge in [0.25, 0.3) is 5.91 Å². The average molecular weight is 460 g/mol. The number of morpholine rings is 1. The summed E-state index contributed by atoms with van der Waals surface area (Å²) in [6, 6.07) is 10.5. The molecule has 1 N–H and O–H groups in total. The van der Waals surface area contributed by atoms with Crippen molar-refractivity contribution in [1.29, 1.82) is 0 Å². The van der Waals surface area contributed by atoms with Crippen molar-refractivity contribution in [3.63, 3.8) is 0 Å². The van der Waals surface area contributed by atoms with Crippen molar-refractivity contribution in [2.75, 3.05) is 45.9 Å². The standard InChI is InChI=1S/C29H37N3O2/c1-29(30-28(33)26-11-9-24(10-12-26)23-6-3-2-4-7-23)14-13-25-8-5-15-32(27(25)22-29)17-16-31-18-20-34-21-19-31/h2-4,6-7,9,11-14,24H,5,8,10,15-22H2,1H3,(H,30,33). The Morgan fingerprint density at radius 3 is 2.71 bits per heavy atom. The zero-order valence-electron chi connectivity index (χ0n) is 20.3. The van der Waals surface area contributed by atoms with Crippen molar-refractivity contribution in [2.24, 2.45) is 0 Å². The number of nitrogens with zero attached hydrogens (tertiary/aromatic N) is 2. The van der Waals surface area contributed by atoms with Gasteiger partial charge in [-0.3, -0.25) is 9.69 Å². The van der Waals surface area contributed by atoms with Gasteiger partial charge in [0, 0.05) is 56.3 Å². The number of hydrogen-bond acceptors (Lipinski definition) is 4. The molecule has 1 saturated heterocycles. The molecule has 0 spiro atoms. The highest BCUT2D eigenvalue weighted by Crippen LogP contribution is 2.35. The maximum Gasteiger partial charge on any atom is 0.251 e. The highest BCUT2D eigenvalue weighted by molar-refractivity contribution is 5.97. The van der Waals surface area contributed by atoms with Crippen LogP contribution in [0.1, 0.15) is 44.1 Å². The Hall–Kier alpha value is -2.63. The van der Waals surface area contributed by atoms with Crippen LogP contribution in [0.15, 0.2) is 77.6 Å². The van der Waals surface area contributed by atoms with Gasteiger partial charge in [0.2, 0.25) is 0 Å². The van der Waals surface area contributed by atoms with Crippen LogP contribution in [0.25, 0.3) is 0 Å². The lowest BCUT2D eigenvalue weighted by molar-refractivity contribution is -0.118. The van der Waals surface area contributed by atoms with Crippen LogP contribution in [0.3, 0.4) is 0 Å². The number of hydrogen-bond donors (Lipinski definition) is 1. The number of rotatable bonds is 6. The number of carbonyl (C=O) groups is 1. The van der Waals surface area contributed by atoms with E-state index in [4.69, 9.17) is 4.74 Å². The van der Waals surface area contributed by atoms with Crippen LogP contribution in [0.5, 0.6) is 0 Å². The first kappa shape index (κ1) is 23.1. The van der Waals surface area contributed by atoms with Crippen LogP contribution in [-0.4, -0.2) is 67.2 Å². The lowest BCUT2D eigenvalue weighted by Gasteiger charge is -2.42. The molecule has 1 fully saturated rings. The molecule has 34 heavy (non-hydrogen) atoms. The van der Waals surface area contributed by atoms with E-state index in [1.54, 1.807) is 0 Å². The summed E-state index contributed by atoms with van der Waals surface area (Å²) in [4.78, 5) is 18.2. The van der Waals surface area contributed by atoms with E-state index < -0.39 is 0 Å². The maximum atomic E-state index is 13.2.